The largest absolute Gasteiger partial charge is 0.454 e. The third kappa shape index (κ3) is 3.02. The molecule has 2 aliphatic heterocycles. The minimum atomic E-state index is 0.236. The van der Waals surface area contributed by atoms with Crippen LogP contribution in [0.5, 0.6) is 11.5 Å². The molecule has 1 saturated heterocycles. The number of nitrogens with zero attached hydrogens (tertiary/aromatic N) is 5. The maximum atomic E-state index is 5.49. The van der Waals surface area contributed by atoms with Crippen LogP contribution in [0.1, 0.15) is 0 Å². The Balaban J connectivity index is 1.47. The van der Waals surface area contributed by atoms with E-state index in [9.17, 15) is 0 Å². The number of aromatic amines is 1. The van der Waals surface area contributed by atoms with Crippen molar-refractivity contribution in [3.8, 4) is 28.6 Å². The lowest BCUT2D eigenvalue weighted by Crippen LogP contribution is -2.44. The van der Waals surface area contributed by atoms with Crippen molar-refractivity contribution in [2.45, 2.75) is 0 Å². The standard InChI is InChI=1S/C19H20N6O2S/c1-23-6-8-24(9-7-23)17-5-2-13(11-20-17)18-21-22-19(28)25(18)14-3-4-15-16(10-14)27-12-26-15/h2-5,10-11H,6-9,12H2,1H3,(H,22,28). The first-order valence-electron chi connectivity index (χ1n) is 9.16. The van der Waals surface area contributed by atoms with Gasteiger partial charge < -0.3 is 19.3 Å². The molecular formula is C19H20N6O2S. The lowest BCUT2D eigenvalue weighted by Gasteiger charge is -2.33. The molecule has 0 amide bonds. The van der Waals surface area contributed by atoms with E-state index in [1.54, 1.807) is 0 Å². The fraction of sp³-hybridized carbons (Fsp3) is 0.316. The summed E-state index contributed by atoms with van der Waals surface area (Å²) in [6.07, 6.45) is 1.85. The first-order valence-corrected chi connectivity index (χ1v) is 9.57. The molecule has 0 atom stereocenters. The monoisotopic (exact) mass is 396 g/mol. The number of ether oxygens (including phenoxy) is 2. The van der Waals surface area contributed by atoms with Gasteiger partial charge in [-0.15, -0.1) is 0 Å². The van der Waals surface area contributed by atoms with Crippen LogP contribution >= 0.6 is 12.2 Å². The Labute approximate surface area is 167 Å². The van der Waals surface area contributed by atoms with E-state index >= 15 is 0 Å². The quantitative estimate of drug-likeness (QED) is 0.682. The molecule has 8 nitrogen and oxygen atoms in total. The molecule has 2 aliphatic rings. The van der Waals surface area contributed by atoms with Gasteiger partial charge in [-0.2, -0.15) is 5.10 Å². The Bertz CT molecular complexity index is 1050. The summed E-state index contributed by atoms with van der Waals surface area (Å²) in [7, 11) is 2.15. The van der Waals surface area contributed by atoms with Crippen LogP contribution in [0, 0.1) is 4.77 Å². The van der Waals surface area contributed by atoms with Crippen LogP contribution in [0.2, 0.25) is 0 Å². The average molecular weight is 396 g/mol. The molecule has 9 heteroatoms. The summed E-state index contributed by atoms with van der Waals surface area (Å²) < 4.78 is 13.3. The second kappa shape index (κ2) is 6.92. The number of fused-ring (bicyclic) bond motifs is 1. The third-order valence-corrected chi connectivity index (χ3v) is 5.39. The Kier molecular flexibility index (Phi) is 4.25. The highest BCUT2D eigenvalue weighted by atomic mass is 32.1. The fourth-order valence-corrected chi connectivity index (χ4v) is 3.73. The number of aromatic nitrogens is 4. The van der Waals surface area contributed by atoms with Gasteiger partial charge in [0.2, 0.25) is 6.79 Å². The number of benzene rings is 1. The number of piperazine rings is 1. The Morgan fingerprint density at radius 2 is 1.86 bits per heavy atom. The molecule has 0 aliphatic carbocycles. The SMILES string of the molecule is CN1CCN(c2ccc(-c3n[nH]c(=S)n3-c3ccc4c(c3)OCO4)cn2)CC1. The van der Waals surface area contributed by atoms with Crippen molar-refractivity contribution in [3.05, 3.63) is 41.3 Å². The zero-order valence-corrected chi connectivity index (χ0v) is 16.3. The van der Waals surface area contributed by atoms with E-state index in [1.165, 1.54) is 0 Å². The summed E-state index contributed by atoms with van der Waals surface area (Å²) in [5.74, 6) is 3.13. The maximum absolute atomic E-state index is 5.49. The molecule has 3 aromatic rings. The molecule has 0 unspecified atom stereocenters. The minimum Gasteiger partial charge on any atom is -0.454 e. The molecule has 0 bridgehead atoms. The van der Waals surface area contributed by atoms with Gasteiger partial charge in [0, 0.05) is 44.0 Å². The van der Waals surface area contributed by atoms with Gasteiger partial charge >= 0.3 is 0 Å². The number of hydrogen-bond donors (Lipinski definition) is 1. The highest BCUT2D eigenvalue weighted by Gasteiger charge is 2.18. The Morgan fingerprint density at radius 3 is 2.64 bits per heavy atom. The number of nitrogens with one attached hydrogen (secondary N) is 1. The van der Waals surface area contributed by atoms with E-state index < -0.39 is 0 Å². The smallest absolute Gasteiger partial charge is 0.231 e. The first-order chi connectivity index (χ1) is 13.7. The highest BCUT2D eigenvalue weighted by molar-refractivity contribution is 7.71. The van der Waals surface area contributed by atoms with Gasteiger partial charge in [0.1, 0.15) is 5.82 Å². The summed E-state index contributed by atoms with van der Waals surface area (Å²) in [6.45, 7) is 4.30. The van der Waals surface area contributed by atoms with Crippen LogP contribution < -0.4 is 14.4 Å². The molecule has 1 fully saturated rings. The van der Waals surface area contributed by atoms with Crippen LogP contribution in [0.3, 0.4) is 0 Å². The third-order valence-electron chi connectivity index (χ3n) is 5.12. The van der Waals surface area contributed by atoms with E-state index in [0.717, 1.165) is 49.0 Å². The van der Waals surface area contributed by atoms with Crippen molar-refractivity contribution in [3.63, 3.8) is 0 Å². The molecule has 1 aromatic carbocycles. The summed E-state index contributed by atoms with van der Waals surface area (Å²) in [6, 6.07) is 9.81. The highest BCUT2D eigenvalue weighted by Crippen LogP contribution is 2.34. The summed E-state index contributed by atoms with van der Waals surface area (Å²) >= 11 is 5.46. The summed E-state index contributed by atoms with van der Waals surface area (Å²) in [5.41, 5.74) is 1.75. The van der Waals surface area contributed by atoms with Gasteiger partial charge in [0.15, 0.2) is 22.1 Å². The van der Waals surface area contributed by atoms with Gasteiger partial charge in [0.25, 0.3) is 0 Å². The first kappa shape index (κ1) is 17.2. The predicted octanol–water partition coefficient (Wildman–Crippen LogP) is 2.47. The zero-order chi connectivity index (χ0) is 19.1. The van der Waals surface area contributed by atoms with Gasteiger partial charge in [0.05, 0.1) is 5.69 Å². The second-order valence-electron chi connectivity index (χ2n) is 6.92. The van der Waals surface area contributed by atoms with E-state index in [1.807, 2.05) is 41.1 Å². The normalized spacial score (nSPS) is 16.5. The number of anilines is 1. The molecule has 4 heterocycles. The summed E-state index contributed by atoms with van der Waals surface area (Å²) in [5, 5.41) is 7.31. The van der Waals surface area contributed by atoms with Crippen LogP contribution in [0.25, 0.3) is 17.1 Å². The topological polar surface area (TPSA) is 71.4 Å². The van der Waals surface area contributed by atoms with Gasteiger partial charge in [-0.05, 0) is 43.5 Å². The van der Waals surface area contributed by atoms with Gasteiger partial charge in [-0.25, -0.2) is 4.98 Å². The van der Waals surface area contributed by atoms with Crippen LogP contribution in [0.15, 0.2) is 36.5 Å². The maximum Gasteiger partial charge on any atom is 0.231 e. The molecule has 144 valence electrons. The number of pyridine rings is 1. The second-order valence-corrected chi connectivity index (χ2v) is 7.31. The minimum absolute atomic E-state index is 0.236. The lowest BCUT2D eigenvalue weighted by molar-refractivity contribution is 0.174. The number of rotatable bonds is 3. The molecular weight excluding hydrogens is 376 g/mol. The van der Waals surface area contributed by atoms with Gasteiger partial charge in [-0.3, -0.25) is 9.67 Å². The van der Waals surface area contributed by atoms with Crippen LogP contribution in [-0.2, 0) is 0 Å². The van der Waals surface area contributed by atoms with Crippen molar-refractivity contribution < 1.29 is 9.47 Å². The molecule has 5 rings (SSSR count). The van der Waals surface area contributed by atoms with E-state index in [-0.39, 0.29) is 6.79 Å². The number of H-pyrrole nitrogens is 1. The van der Waals surface area contributed by atoms with E-state index in [2.05, 4.69) is 32.0 Å². The Hall–Kier alpha value is -2.91. The molecule has 2 aromatic heterocycles. The average Bonchev–Trinajstić information content (AvgIpc) is 3.34. The van der Waals surface area contributed by atoms with Crippen molar-refractivity contribution >= 4 is 18.0 Å². The fourth-order valence-electron chi connectivity index (χ4n) is 3.50. The molecule has 1 N–H and O–H groups in total. The van der Waals surface area contributed by atoms with Crippen molar-refractivity contribution in [2.24, 2.45) is 0 Å². The molecule has 0 radical (unpaired) electrons. The van der Waals surface area contributed by atoms with Crippen molar-refractivity contribution in [2.75, 3.05) is 44.9 Å². The number of likely N-dealkylation sites (N-methyl/N-ethyl adjacent to an activating group) is 1. The zero-order valence-electron chi connectivity index (χ0n) is 15.5. The summed E-state index contributed by atoms with van der Waals surface area (Å²) in [4.78, 5) is 9.30. The predicted molar refractivity (Wildman–Crippen MR) is 108 cm³/mol. The lowest BCUT2D eigenvalue weighted by atomic mass is 10.2. The Morgan fingerprint density at radius 1 is 1.04 bits per heavy atom. The van der Waals surface area contributed by atoms with Gasteiger partial charge in [-0.1, -0.05) is 0 Å². The molecule has 28 heavy (non-hydrogen) atoms. The van der Waals surface area contributed by atoms with Crippen molar-refractivity contribution in [1.29, 1.82) is 0 Å². The molecule has 0 spiro atoms. The van der Waals surface area contributed by atoms with Crippen LogP contribution in [0.4, 0.5) is 5.82 Å². The van der Waals surface area contributed by atoms with Crippen LogP contribution in [-0.4, -0.2) is 64.7 Å². The van der Waals surface area contributed by atoms with E-state index in [4.69, 9.17) is 21.7 Å². The van der Waals surface area contributed by atoms with Crippen molar-refractivity contribution in [1.82, 2.24) is 24.6 Å². The number of hydrogen-bond acceptors (Lipinski definition) is 7. The van der Waals surface area contributed by atoms with E-state index in [0.29, 0.717) is 16.3 Å². The molecule has 0 saturated carbocycles.